The molecular formula is C18H19ClN2O3. The average molecular weight is 347 g/mol. The Morgan fingerprint density at radius 2 is 1.83 bits per heavy atom. The largest absolute Gasteiger partial charge is 0.452 e. The van der Waals surface area contributed by atoms with Gasteiger partial charge in [0.05, 0.1) is 5.56 Å². The second-order valence-electron chi connectivity index (χ2n) is 5.63. The number of rotatable bonds is 5. The normalized spacial score (nSPS) is 10.5. The molecule has 0 saturated carbocycles. The van der Waals surface area contributed by atoms with Crippen LogP contribution in [0, 0.1) is 0 Å². The quantitative estimate of drug-likeness (QED) is 0.636. The van der Waals surface area contributed by atoms with Gasteiger partial charge in [-0.3, -0.25) is 4.79 Å². The maximum Gasteiger partial charge on any atom is 0.340 e. The Bertz CT molecular complexity index is 742. The number of amides is 1. The van der Waals surface area contributed by atoms with Crippen molar-refractivity contribution in [2.45, 2.75) is 19.8 Å². The number of nitrogen functional groups attached to an aromatic ring is 1. The van der Waals surface area contributed by atoms with E-state index in [4.69, 9.17) is 22.1 Å². The summed E-state index contributed by atoms with van der Waals surface area (Å²) in [6.45, 7) is 3.78. The zero-order valence-corrected chi connectivity index (χ0v) is 14.3. The molecule has 0 aliphatic heterocycles. The Morgan fingerprint density at radius 3 is 2.46 bits per heavy atom. The maximum atomic E-state index is 12.0. The van der Waals surface area contributed by atoms with Gasteiger partial charge in [-0.15, -0.1) is 0 Å². The standard InChI is InChI=1S/C18H19ClN2O3/c1-11(2)12-3-6-14(7-4-12)21-17(22)10-24-18(23)15-9-13(19)5-8-16(15)20/h3-9,11H,10,20H2,1-2H3,(H,21,22). The Kier molecular flexibility index (Phi) is 5.82. The molecule has 2 aromatic carbocycles. The minimum atomic E-state index is -0.694. The van der Waals surface area contributed by atoms with Crippen molar-refractivity contribution >= 4 is 34.9 Å². The topological polar surface area (TPSA) is 81.4 Å². The Hall–Kier alpha value is -2.53. The zero-order valence-electron chi connectivity index (χ0n) is 13.5. The predicted molar refractivity (Wildman–Crippen MR) is 95.3 cm³/mol. The number of hydrogen-bond donors (Lipinski definition) is 2. The van der Waals surface area contributed by atoms with Crippen LogP contribution < -0.4 is 11.1 Å². The lowest BCUT2D eigenvalue weighted by molar-refractivity contribution is -0.119. The van der Waals surface area contributed by atoms with Crippen molar-refractivity contribution in [2.24, 2.45) is 0 Å². The van der Waals surface area contributed by atoms with E-state index in [0.717, 1.165) is 0 Å². The molecule has 2 aromatic rings. The molecule has 0 radical (unpaired) electrons. The molecule has 2 rings (SSSR count). The van der Waals surface area contributed by atoms with Gasteiger partial charge in [0.25, 0.3) is 5.91 Å². The fraction of sp³-hybridized carbons (Fsp3) is 0.222. The number of carbonyl (C=O) groups excluding carboxylic acids is 2. The van der Waals surface area contributed by atoms with Gasteiger partial charge in [0, 0.05) is 16.4 Å². The SMILES string of the molecule is CC(C)c1ccc(NC(=O)COC(=O)c2cc(Cl)ccc2N)cc1. The molecule has 0 unspecified atom stereocenters. The average Bonchev–Trinajstić information content (AvgIpc) is 2.55. The summed E-state index contributed by atoms with van der Waals surface area (Å²) < 4.78 is 4.97. The van der Waals surface area contributed by atoms with Gasteiger partial charge in [-0.2, -0.15) is 0 Å². The first-order valence-corrected chi connectivity index (χ1v) is 7.86. The van der Waals surface area contributed by atoms with E-state index in [9.17, 15) is 9.59 Å². The number of anilines is 2. The lowest BCUT2D eigenvalue weighted by atomic mass is 10.0. The van der Waals surface area contributed by atoms with Gasteiger partial charge in [0.1, 0.15) is 0 Å². The van der Waals surface area contributed by atoms with Crippen molar-refractivity contribution in [1.29, 1.82) is 0 Å². The van der Waals surface area contributed by atoms with Crippen molar-refractivity contribution in [3.05, 3.63) is 58.6 Å². The van der Waals surface area contributed by atoms with Crippen LogP contribution in [0.5, 0.6) is 0 Å². The highest BCUT2D eigenvalue weighted by molar-refractivity contribution is 6.31. The van der Waals surface area contributed by atoms with Gasteiger partial charge < -0.3 is 15.8 Å². The molecule has 5 nitrogen and oxygen atoms in total. The molecule has 1 amide bonds. The van der Waals surface area contributed by atoms with Crippen molar-refractivity contribution < 1.29 is 14.3 Å². The molecule has 0 heterocycles. The predicted octanol–water partition coefficient (Wildman–Crippen LogP) is 3.84. The summed E-state index contributed by atoms with van der Waals surface area (Å²) in [6.07, 6.45) is 0. The van der Waals surface area contributed by atoms with E-state index in [2.05, 4.69) is 19.2 Å². The van der Waals surface area contributed by atoms with Crippen LogP contribution in [0.3, 0.4) is 0 Å². The van der Waals surface area contributed by atoms with E-state index < -0.39 is 18.5 Å². The lowest BCUT2D eigenvalue weighted by Gasteiger charge is -2.09. The Balaban J connectivity index is 1.90. The summed E-state index contributed by atoms with van der Waals surface area (Å²) in [7, 11) is 0. The highest BCUT2D eigenvalue weighted by Crippen LogP contribution is 2.19. The van der Waals surface area contributed by atoms with Crippen molar-refractivity contribution in [3.63, 3.8) is 0 Å². The third-order valence-electron chi connectivity index (χ3n) is 3.43. The van der Waals surface area contributed by atoms with Crippen molar-refractivity contribution in [1.82, 2.24) is 0 Å². The van der Waals surface area contributed by atoms with Crippen LogP contribution in [0.4, 0.5) is 11.4 Å². The first kappa shape index (κ1) is 17.8. The summed E-state index contributed by atoms with van der Waals surface area (Å²) in [6, 6.07) is 12.0. The first-order chi connectivity index (χ1) is 11.4. The molecule has 0 bridgehead atoms. The van der Waals surface area contributed by atoms with Gasteiger partial charge in [-0.25, -0.2) is 4.79 Å². The van der Waals surface area contributed by atoms with Crippen LogP contribution in [0.2, 0.25) is 5.02 Å². The second kappa shape index (κ2) is 7.84. The van der Waals surface area contributed by atoms with Gasteiger partial charge in [-0.05, 0) is 41.8 Å². The molecule has 24 heavy (non-hydrogen) atoms. The number of benzene rings is 2. The number of carbonyl (C=O) groups is 2. The molecule has 126 valence electrons. The van der Waals surface area contributed by atoms with Crippen LogP contribution in [-0.2, 0) is 9.53 Å². The molecule has 3 N–H and O–H groups in total. The van der Waals surface area contributed by atoms with E-state index in [1.165, 1.54) is 17.7 Å². The van der Waals surface area contributed by atoms with Gasteiger partial charge >= 0.3 is 5.97 Å². The van der Waals surface area contributed by atoms with Crippen LogP contribution in [0.1, 0.15) is 35.7 Å². The number of hydrogen-bond acceptors (Lipinski definition) is 4. The summed E-state index contributed by atoms with van der Waals surface area (Å²) in [5.41, 5.74) is 7.90. The Labute approximate surface area is 145 Å². The van der Waals surface area contributed by atoms with Crippen molar-refractivity contribution in [2.75, 3.05) is 17.7 Å². The highest BCUT2D eigenvalue weighted by atomic mass is 35.5. The second-order valence-corrected chi connectivity index (χ2v) is 6.07. The third kappa shape index (κ3) is 4.73. The van der Waals surface area contributed by atoms with E-state index in [0.29, 0.717) is 16.6 Å². The van der Waals surface area contributed by atoms with Crippen LogP contribution in [-0.4, -0.2) is 18.5 Å². The number of esters is 1. The smallest absolute Gasteiger partial charge is 0.340 e. The third-order valence-corrected chi connectivity index (χ3v) is 3.67. The Morgan fingerprint density at radius 1 is 1.17 bits per heavy atom. The minimum absolute atomic E-state index is 0.136. The van der Waals surface area contributed by atoms with E-state index in [-0.39, 0.29) is 11.3 Å². The van der Waals surface area contributed by atoms with Gasteiger partial charge in [0.2, 0.25) is 0 Å². The van der Waals surface area contributed by atoms with E-state index in [1.54, 1.807) is 6.07 Å². The summed E-state index contributed by atoms with van der Waals surface area (Å²) in [5, 5.41) is 3.03. The zero-order chi connectivity index (χ0) is 17.7. The maximum absolute atomic E-state index is 12.0. The number of ether oxygens (including phenoxy) is 1. The molecule has 0 spiro atoms. The molecule has 0 aliphatic rings. The number of nitrogens with two attached hydrogens (primary N) is 1. The minimum Gasteiger partial charge on any atom is -0.452 e. The molecule has 0 saturated heterocycles. The summed E-state index contributed by atoms with van der Waals surface area (Å²) in [5.74, 6) is -0.708. The van der Waals surface area contributed by atoms with Crippen LogP contribution in [0.15, 0.2) is 42.5 Å². The molecule has 0 fully saturated rings. The number of halogens is 1. The fourth-order valence-electron chi connectivity index (χ4n) is 2.06. The molecule has 6 heteroatoms. The van der Waals surface area contributed by atoms with Crippen LogP contribution >= 0.6 is 11.6 Å². The summed E-state index contributed by atoms with van der Waals surface area (Å²) in [4.78, 5) is 23.8. The van der Waals surface area contributed by atoms with E-state index >= 15 is 0 Å². The molecule has 0 aliphatic carbocycles. The summed E-state index contributed by atoms with van der Waals surface area (Å²) >= 11 is 5.82. The highest BCUT2D eigenvalue weighted by Gasteiger charge is 2.14. The molecule has 0 aromatic heterocycles. The van der Waals surface area contributed by atoms with Crippen LogP contribution in [0.25, 0.3) is 0 Å². The van der Waals surface area contributed by atoms with Gasteiger partial charge in [-0.1, -0.05) is 37.6 Å². The van der Waals surface area contributed by atoms with Gasteiger partial charge in [0.15, 0.2) is 6.61 Å². The fourth-order valence-corrected chi connectivity index (χ4v) is 2.23. The molecular weight excluding hydrogens is 328 g/mol. The van der Waals surface area contributed by atoms with Crippen molar-refractivity contribution in [3.8, 4) is 0 Å². The monoisotopic (exact) mass is 346 g/mol. The first-order valence-electron chi connectivity index (χ1n) is 7.49. The molecule has 0 atom stereocenters. The lowest BCUT2D eigenvalue weighted by Crippen LogP contribution is -2.21. The number of nitrogens with one attached hydrogen (secondary N) is 1. The van der Waals surface area contributed by atoms with E-state index in [1.807, 2.05) is 24.3 Å².